The number of hydrogen-bond acceptors (Lipinski definition) is 4. The van der Waals surface area contributed by atoms with Gasteiger partial charge in [0, 0.05) is 46.1 Å². The van der Waals surface area contributed by atoms with Crippen LogP contribution >= 0.6 is 0 Å². The Morgan fingerprint density at radius 2 is 1.89 bits per heavy atom. The molecule has 1 aliphatic rings. The van der Waals surface area contributed by atoms with Crippen LogP contribution in [0.2, 0.25) is 0 Å². The van der Waals surface area contributed by atoms with Crippen LogP contribution in [0.4, 0.5) is 5.88 Å². The molecule has 0 spiro atoms. The van der Waals surface area contributed by atoms with Crippen LogP contribution in [0.15, 0.2) is 16.5 Å². The molecule has 0 bridgehead atoms. The summed E-state index contributed by atoms with van der Waals surface area (Å²) < 4.78 is 5.51. The van der Waals surface area contributed by atoms with Gasteiger partial charge in [0.05, 0.1) is 0 Å². The van der Waals surface area contributed by atoms with Gasteiger partial charge >= 0.3 is 0 Å². The van der Waals surface area contributed by atoms with Gasteiger partial charge in [0.1, 0.15) is 0 Å². The average molecular weight is 250 g/mol. The second-order valence-electron chi connectivity index (χ2n) is 4.54. The van der Waals surface area contributed by atoms with Crippen molar-refractivity contribution in [2.75, 3.05) is 31.1 Å². The third-order valence-electron chi connectivity index (χ3n) is 3.19. The van der Waals surface area contributed by atoms with Crippen molar-refractivity contribution in [3.63, 3.8) is 0 Å². The van der Waals surface area contributed by atoms with Gasteiger partial charge in [0.15, 0.2) is 17.4 Å². The maximum absolute atomic E-state index is 11.3. The molecule has 18 heavy (non-hydrogen) atoms. The molecule has 0 saturated carbocycles. The number of furan rings is 1. The predicted octanol–water partition coefficient (Wildman–Crippen LogP) is 1.54. The smallest absolute Gasteiger partial charge is 0.219 e. The number of rotatable bonds is 2. The van der Waals surface area contributed by atoms with E-state index >= 15 is 0 Å². The van der Waals surface area contributed by atoms with Crippen molar-refractivity contribution in [3.05, 3.63) is 17.9 Å². The average Bonchev–Trinajstić information content (AvgIpc) is 2.67. The second kappa shape index (κ2) is 5.25. The standard InChI is InChI=1S/C13H18N2O3/c1-10(16)12-4-5-13(18-12)15-7-3-6-14(8-9-15)11(2)17/h4-5H,3,6-9H2,1-2H3. The Balaban J connectivity index is 2.05. The first kappa shape index (κ1) is 12.7. The fourth-order valence-corrected chi connectivity index (χ4v) is 2.14. The first-order chi connectivity index (χ1) is 8.58. The van der Waals surface area contributed by atoms with Gasteiger partial charge in [-0.25, -0.2) is 0 Å². The van der Waals surface area contributed by atoms with Crippen LogP contribution < -0.4 is 4.90 Å². The lowest BCUT2D eigenvalue weighted by atomic mass is 10.3. The largest absolute Gasteiger partial charge is 0.437 e. The highest BCUT2D eigenvalue weighted by Gasteiger charge is 2.19. The highest BCUT2D eigenvalue weighted by molar-refractivity contribution is 5.91. The molecule has 1 amide bonds. The monoisotopic (exact) mass is 250 g/mol. The second-order valence-corrected chi connectivity index (χ2v) is 4.54. The fraction of sp³-hybridized carbons (Fsp3) is 0.538. The lowest BCUT2D eigenvalue weighted by Gasteiger charge is -2.20. The molecule has 1 saturated heterocycles. The molecule has 2 rings (SSSR count). The van der Waals surface area contributed by atoms with E-state index in [1.165, 1.54) is 6.92 Å². The van der Waals surface area contributed by atoms with Gasteiger partial charge in [0.2, 0.25) is 5.91 Å². The Bertz CT molecular complexity index is 453. The van der Waals surface area contributed by atoms with Crippen LogP contribution in [-0.4, -0.2) is 42.8 Å². The molecule has 2 heterocycles. The summed E-state index contributed by atoms with van der Waals surface area (Å²) in [5.74, 6) is 1.14. The number of carbonyl (C=O) groups is 2. The minimum atomic E-state index is -0.0681. The predicted molar refractivity (Wildman–Crippen MR) is 67.8 cm³/mol. The third-order valence-corrected chi connectivity index (χ3v) is 3.19. The number of Topliss-reactive ketones (excluding diaryl/α,β-unsaturated/α-hetero) is 1. The van der Waals surface area contributed by atoms with Crippen molar-refractivity contribution in [1.29, 1.82) is 0 Å². The summed E-state index contributed by atoms with van der Waals surface area (Å²) in [5, 5.41) is 0. The topological polar surface area (TPSA) is 53.8 Å². The number of ketones is 1. The van der Waals surface area contributed by atoms with Gasteiger partial charge in [-0.05, 0) is 12.5 Å². The Morgan fingerprint density at radius 3 is 2.50 bits per heavy atom. The van der Waals surface area contributed by atoms with Gasteiger partial charge in [0.25, 0.3) is 0 Å². The molecule has 98 valence electrons. The van der Waals surface area contributed by atoms with Gasteiger partial charge < -0.3 is 14.2 Å². The molecular weight excluding hydrogens is 232 g/mol. The van der Waals surface area contributed by atoms with Crippen molar-refractivity contribution in [1.82, 2.24) is 4.90 Å². The summed E-state index contributed by atoms with van der Waals surface area (Å²) >= 11 is 0. The Kier molecular flexibility index (Phi) is 3.69. The summed E-state index contributed by atoms with van der Waals surface area (Å²) in [5.41, 5.74) is 0. The molecule has 1 aromatic heterocycles. The van der Waals surface area contributed by atoms with Gasteiger partial charge in [-0.2, -0.15) is 0 Å². The van der Waals surface area contributed by atoms with E-state index in [0.29, 0.717) is 18.2 Å². The quantitative estimate of drug-likeness (QED) is 0.747. The molecule has 0 aliphatic carbocycles. The molecule has 1 aromatic rings. The van der Waals surface area contributed by atoms with Gasteiger partial charge in [-0.3, -0.25) is 9.59 Å². The minimum Gasteiger partial charge on any atom is -0.437 e. The summed E-state index contributed by atoms with van der Waals surface area (Å²) in [4.78, 5) is 26.4. The lowest BCUT2D eigenvalue weighted by Crippen LogP contribution is -2.33. The highest BCUT2D eigenvalue weighted by atomic mass is 16.4. The summed E-state index contributed by atoms with van der Waals surface area (Å²) in [6.07, 6.45) is 0.912. The van der Waals surface area contributed by atoms with Crippen LogP contribution in [0.5, 0.6) is 0 Å². The van der Waals surface area contributed by atoms with Crippen LogP contribution in [-0.2, 0) is 4.79 Å². The van der Waals surface area contributed by atoms with E-state index < -0.39 is 0 Å². The van der Waals surface area contributed by atoms with E-state index in [0.717, 1.165) is 26.1 Å². The number of carbonyl (C=O) groups excluding carboxylic acids is 2. The molecule has 0 atom stereocenters. The van der Waals surface area contributed by atoms with Crippen LogP contribution in [0, 0.1) is 0 Å². The van der Waals surface area contributed by atoms with E-state index in [1.54, 1.807) is 13.0 Å². The number of nitrogens with zero attached hydrogens (tertiary/aromatic N) is 2. The molecular formula is C13H18N2O3. The van der Waals surface area contributed by atoms with E-state index in [-0.39, 0.29) is 11.7 Å². The van der Waals surface area contributed by atoms with E-state index in [2.05, 4.69) is 4.90 Å². The molecule has 0 radical (unpaired) electrons. The normalized spacial score (nSPS) is 16.6. The van der Waals surface area contributed by atoms with Crippen molar-refractivity contribution in [2.45, 2.75) is 20.3 Å². The first-order valence-corrected chi connectivity index (χ1v) is 6.19. The molecule has 1 fully saturated rings. The molecule has 0 unspecified atom stereocenters. The van der Waals surface area contributed by atoms with Crippen molar-refractivity contribution >= 4 is 17.6 Å². The number of amides is 1. The Labute approximate surface area is 106 Å². The molecule has 0 N–H and O–H groups in total. The molecule has 0 aromatic carbocycles. The minimum absolute atomic E-state index is 0.0681. The number of hydrogen-bond donors (Lipinski definition) is 0. The zero-order valence-corrected chi connectivity index (χ0v) is 10.8. The first-order valence-electron chi connectivity index (χ1n) is 6.19. The molecule has 5 nitrogen and oxygen atoms in total. The summed E-state index contributed by atoms with van der Waals surface area (Å²) in [6, 6.07) is 3.52. The molecule has 5 heteroatoms. The zero-order chi connectivity index (χ0) is 13.1. The molecule has 1 aliphatic heterocycles. The number of anilines is 1. The van der Waals surface area contributed by atoms with Crippen LogP contribution in [0.1, 0.15) is 30.8 Å². The fourth-order valence-electron chi connectivity index (χ4n) is 2.14. The SMILES string of the molecule is CC(=O)c1ccc(N2CCCN(C(C)=O)CC2)o1. The van der Waals surface area contributed by atoms with Crippen LogP contribution in [0.3, 0.4) is 0 Å². The van der Waals surface area contributed by atoms with Crippen molar-refractivity contribution < 1.29 is 14.0 Å². The summed E-state index contributed by atoms with van der Waals surface area (Å²) in [6.45, 7) is 6.15. The maximum atomic E-state index is 11.3. The zero-order valence-electron chi connectivity index (χ0n) is 10.8. The van der Waals surface area contributed by atoms with E-state index in [1.807, 2.05) is 11.0 Å². The third kappa shape index (κ3) is 2.72. The van der Waals surface area contributed by atoms with Crippen molar-refractivity contribution in [3.8, 4) is 0 Å². The Morgan fingerprint density at radius 1 is 1.11 bits per heavy atom. The van der Waals surface area contributed by atoms with E-state index in [4.69, 9.17) is 4.42 Å². The van der Waals surface area contributed by atoms with E-state index in [9.17, 15) is 9.59 Å². The van der Waals surface area contributed by atoms with Crippen molar-refractivity contribution in [2.24, 2.45) is 0 Å². The maximum Gasteiger partial charge on any atom is 0.219 e. The lowest BCUT2D eigenvalue weighted by molar-refractivity contribution is -0.128. The van der Waals surface area contributed by atoms with Crippen LogP contribution in [0.25, 0.3) is 0 Å². The Hall–Kier alpha value is -1.78. The van der Waals surface area contributed by atoms with Gasteiger partial charge in [-0.15, -0.1) is 0 Å². The highest BCUT2D eigenvalue weighted by Crippen LogP contribution is 2.20. The van der Waals surface area contributed by atoms with Gasteiger partial charge in [-0.1, -0.05) is 0 Å². The summed E-state index contributed by atoms with van der Waals surface area (Å²) in [7, 11) is 0.